The molecule has 0 atom stereocenters. The molecular weight excluding hydrogens is 292 g/mol. The van der Waals surface area contributed by atoms with E-state index in [0.29, 0.717) is 11.3 Å². The van der Waals surface area contributed by atoms with E-state index in [9.17, 15) is 18.4 Å². The summed E-state index contributed by atoms with van der Waals surface area (Å²) in [6, 6.07) is 9.44. The SMILES string of the molecule is CC(=O)c1cccc(NC(=O)COc2ccc(F)c(F)c2)c1. The first-order valence-electron chi connectivity index (χ1n) is 6.44. The van der Waals surface area contributed by atoms with Gasteiger partial charge in [0.15, 0.2) is 24.0 Å². The molecular formula is C16H13F2NO3. The molecule has 22 heavy (non-hydrogen) atoms. The molecule has 2 rings (SSSR count). The highest BCUT2D eigenvalue weighted by Gasteiger charge is 2.08. The van der Waals surface area contributed by atoms with Crippen LogP contribution in [-0.2, 0) is 4.79 Å². The fraction of sp³-hybridized carbons (Fsp3) is 0.125. The smallest absolute Gasteiger partial charge is 0.262 e. The summed E-state index contributed by atoms with van der Waals surface area (Å²) in [5, 5.41) is 2.55. The van der Waals surface area contributed by atoms with Gasteiger partial charge in [-0.2, -0.15) is 0 Å². The second-order valence-electron chi connectivity index (χ2n) is 4.55. The lowest BCUT2D eigenvalue weighted by atomic mass is 10.1. The molecule has 2 aromatic carbocycles. The minimum absolute atomic E-state index is 0.0477. The van der Waals surface area contributed by atoms with Crippen LogP contribution in [0.4, 0.5) is 14.5 Å². The van der Waals surface area contributed by atoms with Gasteiger partial charge in [-0.15, -0.1) is 0 Å². The summed E-state index contributed by atoms with van der Waals surface area (Å²) in [4.78, 5) is 23.0. The van der Waals surface area contributed by atoms with Crippen molar-refractivity contribution in [3.05, 3.63) is 59.7 Å². The molecule has 0 saturated heterocycles. The Kier molecular flexibility index (Phi) is 4.83. The summed E-state index contributed by atoms with van der Waals surface area (Å²) in [7, 11) is 0. The molecule has 0 radical (unpaired) electrons. The molecule has 0 bridgehead atoms. The van der Waals surface area contributed by atoms with E-state index >= 15 is 0 Å². The molecule has 0 heterocycles. The van der Waals surface area contributed by atoms with Crippen molar-refractivity contribution in [1.29, 1.82) is 0 Å². The van der Waals surface area contributed by atoms with Gasteiger partial charge < -0.3 is 10.1 Å². The van der Waals surface area contributed by atoms with Crippen molar-refractivity contribution in [1.82, 2.24) is 0 Å². The van der Waals surface area contributed by atoms with Gasteiger partial charge in [0.1, 0.15) is 5.75 Å². The van der Waals surface area contributed by atoms with Gasteiger partial charge in [-0.1, -0.05) is 12.1 Å². The van der Waals surface area contributed by atoms with Crippen LogP contribution in [0.2, 0.25) is 0 Å². The molecule has 0 aliphatic heterocycles. The second kappa shape index (κ2) is 6.80. The first-order chi connectivity index (χ1) is 10.5. The average Bonchev–Trinajstić information content (AvgIpc) is 2.49. The highest BCUT2D eigenvalue weighted by atomic mass is 19.2. The third kappa shape index (κ3) is 4.12. The van der Waals surface area contributed by atoms with E-state index in [2.05, 4.69) is 5.32 Å². The molecule has 6 heteroatoms. The predicted molar refractivity (Wildman–Crippen MR) is 76.9 cm³/mol. The summed E-state index contributed by atoms with van der Waals surface area (Å²) >= 11 is 0. The standard InChI is InChI=1S/C16H13F2NO3/c1-10(20)11-3-2-4-12(7-11)19-16(21)9-22-13-5-6-14(17)15(18)8-13/h2-8H,9H2,1H3,(H,19,21). The Bertz CT molecular complexity index is 716. The van der Waals surface area contributed by atoms with Crippen molar-refractivity contribution >= 4 is 17.4 Å². The van der Waals surface area contributed by atoms with E-state index in [1.807, 2.05) is 0 Å². The number of carbonyl (C=O) groups excluding carboxylic acids is 2. The lowest BCUT2D eigenvalue weighted by Gasteiger charge is -2.08. The maximum absolute atomic E-state index is 13.0. The molecule has 2 aromatic rings. The maximum atomic E-state index is 13.0. The van der Waals surface area contributed by atoms with Crippen molar-refractivity contribution in [3.63, 3.8) is 0 Å². The zero-order valence-corrected chi connectivity index (χ0v) is 11.7. The number of anilines is 1. The number of hydrogen-bond donors (Lipinski definition) is 1. The largest absolute Gasteiger partial charge is 0.484 e. The molecule has 1 N–H and O–H groups in total. The zero-order valence-electron chi connectivity index (χ0n) is 11.7. The van der Waals surface area contributed by atoms with Crippen LogP contribution in [0.25, 0.3) is 0 Å². The van der Waals surface area contributed by atoms with E-state index in [0.717, 1.165) is 12.1 Å². The normalized spacial score (nSPS) is 10.1. The fourth-order valence-corrected chi connectivity index (χ4v) is 1.73. The lowest BCUT2D eigenvalue weighted by molar-refractivity contribution is -0.118. The molecule has 114 valence electrons. The number of ether oxygens (including phenoxy) is 1. The summed E-state index contributed by atoms with van der Waals surface area (Å²) in [6.07, 6.45) is 0. The minimum Gasteiger partial charge on any atom is -0.484 e. The number of ketones is 1. The molecule has 0 aromatic heterocycles. The molecule has 0 fully saturated rings. The van der Waals surface area contributed by atoms with Gasteiger partial charge >= 0.3 is 0 Å². The fourth-order valence-electron chi connectivity index (χ4n) is 1.73. The van der Waals surface area contributed by atoms with Crippen LogP contribution in [0.1, 0.15) is 17.3 Å². The third-order valence-corrected chi connectivity index (χ3v) is 2.81. The van der Waals surface area contributed by atoms with Crippen molar-refractivity contribution in [3.8, 4) is 5.75 Å². The number of nitrogens with one attached hydrogen (secondary N) is 1. The number of benzene rings is 2. The van der Waals surface area contributed by atoms with Crippen LogP contribution < -0.4 is 10.1 Å². The summed E-state index contributed by atoms with van der Waals surface area (Å²) < 4.78 is 30.8. The van der Waals surface area contributed by atoms with Crippen molar-refractivity contribution in [2.45, 2.75) is 6.92 Å². The molecule has 4 nitrogen and oxygen atoms in total. The number of hydrogen-bond acceptors (Lipinski definition) is 3. The van der Waals surface area contributed by atoms with Crippen LogP contribution in [0.3, 0.4) is 0 Å². The number of rotatable bonds is 5. The second-order valence-corrected chi connectivity index (χ2v) is 4.55. The van der Waals surface area contributed by atoms with E-state index in [1.54, 1.807) is 18.2 Å². The van der Waals surface area contributed by atoms with Crippen molar-refractivity contribution in [2.75, 3.05) is 11.9 Å². The van der Waals surface area contributed by atoms with E-state index in [1.165, 1.54) is 19.1 Å². The Balaban J connectivity index is 1.94. The van der Waals surface area contributed by atoms with Crippen LogP contribution in [0, 0.1) is 11.6 Å². The van der Waals surface area contributed by atoms with Gasteiger partial charge in [0.05, 0.1) is 0 Å². The van der Waals surface area contributed by atoms with E-state index in [4.69, 9.17) is 4.74 Å². The molecule has 0 aliphatic carbocycles. The topological polar surface area (TPSA) is 55.4 Å². The van der Waals surface area contributed by atoms with Gasteiger partial charge in [-0.3, -0.25) is 9.59 Å². The zero-order chi connectivity index (χ0) is 16.1. The predicted octanol–water partition coefficient (Wildman–Crippen LogP) is 3.18. The van der Waals surface area contributed by atoms with Crippen LogP contribution in [-0.4, -0.2) is 18.3 Å². The van der Waals surface area contributed by atoms with E-state index in [-0.39, 0.29) is 18.1 Å². The highest BCUT2D eigenvalue weighted by Crippen LogP contribution is 2.16. The monoisotopic (exact) mass is 305 g/mol. The van der Waals surface area contributed by atoms with Crippen LogP contribution in [0.5, 0.6) is 5.75 Å². The Morgan fingerprint density at radius 2 is 1.86 bits per heavy atom. The molecule has 1 amide bonds. The summed E-state index contributed by atoms with van der Waals surface area (Å²) in [5.74, 6) is -2.59. The average molecular weight is 305 g/mol. The van der Waals surface area contributed by atoms with Gasteiger partial charge in [0, 0.05) is 17.3 Å². The van der Waals surface area contributed by atoms with Gasteiger partial charge in [0.2, 0.25) is 0 Å². The number of amides is 1. The Hall–Kier alpha value is -2.76. The summed E-state index contributed by atoms with van der Waals surface area (Å²) in [6.45, 7) is 1.06. The highest BCUT2D eigenvalue weighted by molar-refractivity contribution is 5.97. The lowest BCUT2D eigenvalue weighted by Crippen LogP contribution is -2.20. The first-order valence-corrected chi connectivity index (χ1v) is 6.44. The number of carbonyl (C=O) groups is 2. The number of Topliss-reactive ketones (excluding diaryl/α,β-unsaturated/α-hetero) is 1. The Morgan fingerprint density at radius 1 is 1.09 bits per heavy atom. The minimum atomic E-state index is -1.05. The molecule has 0 spiro atoms. The van der Waals surface area contributed by atoms with Gasteiger partial charge in [-0.25, -0.2) is 8.78 Å². The summed E-state index contributed by atoms with van der Waals surface area (Å²) in [5.41, 5.74) is 0.922. The maximum Gasteiger partial charge on any atom is 0.262 e. The molecule has 0 saturated carbocycles. The van der Waals surface area contributed by atoms with Crippen molar-refractivity contribution < 1.29 is 23.1 Å². The molecule has 0 aliphatic rings. The first kappa shape index (κ1) is 15.6. The van der Waals surface area contributed by atoms with Crippen LogP contribution >= 0.6 is 0 Å². The van der Waals surface area contributed by atoms with Crippen molar-refractivity contribution in [2.24, 2.45) is 0 Å². The quantitative estimate of drug-likeness (QED) is 0.863. The molecule has 0 unspecified atom stereocenters. The van der Waals surface area contributed by atoms with Crippen LogP contribution in [0.15, 0.2) is 42.5 Å². The van der Waals surface area contributed by atoms with Gasteiger partial charge in [0.25, 0.3) is 5.91 Å². The Morgan fingerprint density at radius 3 is 2.55 bits per heavy atom. The Labute approximate surface area is 125 Å². The van der Waals surface area contributed by atoms with Gasteiger partial charge in [-0.05, 0) is 31.2 Å². The third-order valence-electron chi connectivity index (χ3n) is 2.81. The van der Waals surface area contributed by atoms with E-state index < -0.39 is 17.5 Å². The number of halogens is 2.